The van der Waals surface area contributed by atoms with E-state index in [0.29, 0.717) is 0 Å². The van der Waals surface area contributed by atoms with Crippen LogP contribution in [0.15, 0.2) is 18.3 Å². The van der Waals surface area contributed by atoms with Crippen molar-refractivity contribution in [2.45, 2.75) is 26.7 Å². The Morgan fingerprint density at radius 3 is 2.46 bits per heavy atom. The second-order valence-electron chi connectivity index (χ2n) is 6.95. The van der Waals surface area contributed by atoms with E-state index in [0.717, 1.165) is 76.5 Å². The van der Waals surface area contributed by atoms with E-state index < -0.39 is 0 Å². The molecule has 7 nitrogen and oxygen atoms in total. The molecule has 0 amide bonds. The molecule has 7 heteroatoms. The van der Waals surface area contributed by atoms with Gasteiger partial charge in [-0.15, -0.1) is 0 Å². The average molecular weight is 379 g/mol. The van der Waals surface area contributed by atoms with Crippen molar-refractivity contribution in [1.82, 2.24) is 15.0 Å². The highest BCUT2D eigenvalue weighted by Crippen LogP contribution is 2.41. The predicted octanol–water partition coefficient (Wildman–Crippen LogP) is 3.37. The molecule has 0 spiro atoms. The molecule has 0 unspecified atom stereocenters. The summed E-state index contributed by atoms with van der Waals surface area (Å²) in [5.41, 5.74) is 10.7. The number of methoxy groups -OCH3 is 2. The van der Waals surface area contributed by atoms with Crippen LogP contribution in [0, 0.1) is 6.92 Å². The highest BCUT2D eigenvalue weighted by molar-refractivity contribution is 5.93. The minimum absolute atomic E-state index is 0.261. The number of nitrogen functional groups attached to an aromatic ring is 1. The van der Waals surface area contributed by atoms with Gasteiger partial charge in [-0.2, -0.15) is 0 Å². The Hall–Kier alpha value is -3.09. The van der Waals surface area contributed by atoms with E-state index in [1.165, 1.54) is 0 Å². The fourth-order valence-electron chi connectivity index (χ4n) is 3.79. The van der Waals surface area contributed by atoms with Crippen molar-refractivity contribution in [3.63, 3.8) is 0 Å². The molecule has 1 aliphatic rings. The molecule has 0 aliphatic carbocycles. The van der Waals surface area contributed by atoms with E-state index >= 15 is 0 Å². The maximum Gasteiger partial charge on any atom is 0.220 e. The zero-order valence-corrected chi connectivity index (χ0v) is 16.7. The van der Waals surface area contributed by atoms with Gasteiger partial charge in [-0.05, 0) is 25.8 Å². The van der Waals surface area contributed by atoms with Crippen LogP contribution in [0.3, 0.4) is 0 Å². The van der Waals surface area contributed by atoms with Crippen LogP contribution in [-0.2, 0) is 6.42 Å². The third-order valence-corrected chi connectivity index (χ3v) is 5.38. The van der Waals surface area contributed by atoms with E-state index in [-0.39, 0.29) is 5.95 Å². The van der Waals surface area contributed by atoms with E-state index in [4.69, 9.17) is 20.2 Å². The summed E-state index contributed by atoms with van der Waals surface area (Å²) in [7, 11) is 3.36. The molecule has 0 bridgehead atoms. The molecule has 146 valence electrons. The largest absolute Gasteiger partial charge is 0.496 e. The summed E-state index contributed by atoms with van der Waals surface area (Å²) in [6, 6.07) is 3.97. The number of nitrogens with zero attached hydrogens (tertiary/aromatic N) is 4. The zero-order valence-electron chi connectivity index (χ0n) is 16.7. The van der Waals surface area contributed by atoms with Gasteiger partial charge in [-0.25, -0.2) is 15.0 Å². The third-order valence-electron chi connectivity index (χ3n) is 5.38. The van der Waals surface area contributed by atoms with Gasteiger partial charge in [0.1, 0.15) is 17.0 Å². The van der Waals surface area contributed by atoms with E-state index in [9.17, 15) is 0 Å². The molecule has 28 heavy (non-hydrogen) atoms. The summed E-state index contributed by atoms with van der Waals surface area (Å²) >= 11 is 0. The van der Waals surface area contributed by atoms with Gasteiger partial charge >= 0.3 is 0 Å². The van der Waals surface area contributed by atoms with Crippen molar-refractivity contribution >= 4 is 22.7 Å². The lowest BCUT2D eigenvalue weighted by Crippen LogP contribution is -2.38. The van der Waals surface area contributed by atoms with Gasteiger partial charge in [0.05, 0.1) is 19.9 Å². The topological polar surface area (TPSA) is 86.4 Å². The van der Waals surface area contributed by atoms with Crippen LogP contribution in [0.25, 0.3) is 22.2 Å². The molecule has 0 saturated carbocycles. The van der Waals surface area contributed by atoms with Crippen LogP contribution in [0.1, 0.15) is 24.5 Å². The zero-order chi connectivity index (χ0) is 19.8. The lowest BCUT2D eigenvalue weighted by atomic mass is 9.94. The van der Waals surface area contributed by atoms with E-state index in [1.54, 1.807) is 20.4 Å². The van der Waals surface area contributed by atoms with Gasteiger partial charge < -0.3 is 20.1 Å². The normalized spacial score (nSPS) is 13.5. The Morgan fingerprint density at radius 1 is 1.11 bits per heavy atom. The first-order valence-corrected chi connectivity index (χ1v) is 9.50. The number of aromatic nitrogens is 3. The van der Waals surface area contributed by atoms with Crippen molar-refractivity contribution in [2.75, 3.05) is 37.9 Å². The molecule has 0 atom stereocenters. The minimum atomic E-state index is 0.261. The molecule has 1 saturated heterocycles. The summed E-state index contributed by atoms with van der Waals surface area (Å²) in [6.45, 7) is 6.11. The van der Waals surface area contributed by atoms with Gasteiger partial charge in [0, 0.05) is 47.4 Å². The summed E-state index contributed by atoms with van der Waals surface area (Å²) in [5.74, 6) is 2.71. The SMILES string of the molecule is CCc1c(OC)cc(OC)c(C)c1-c1cc2cnc(N)nc2c(N2CCC2)n1. The van der Waals surface area contributed by atoms with Gasteiger partial charge in [-0.1, -0.05) is 6.92 Å². The molecule has 0 radical (unpaired) electrons. The number of pyridine rings is 1. The quantitative estimate of drug-likeness (QED) is 0.727. The molecule has 1 fully saturated rings. The van der Waals surface area contributed by atoms with Crippen LogP contribution in [0.4, 0.5) is 11.8 Å². The van der Waals surface area contributed by atoms with Crippen molar-refractivity contribution in [3.05, 3.63) is 29.5 Å². The highest BCUT2D eigenvalue weighted by Gasteiger charge is 2.24. The summed E-state index contributed by atoms with van der Waals surface area (Å²) < 4.78 is 11.3. The van der Waals surface area contributed by atoms with E-state index in [2.05, 4.69) is 28.7 Å². The van der Waals surface area contributed by atoms with Crippen LogP contribution in [-0.4, -0.2) is 42.3 Å². The van der Waals surface area contributed by atoms with E-state index in [1.807, 2.05) is 12.1 Å². The van der Waals surface area contributed by atoms with Crippen LogP contribution in [0.2, 0.25) is 0 Å². The number of nitrogens with two attached hydrogens (primary N) is 1. The Kier molecular flexibility index (Phi) is 4.66. The number of fused-ring (bicyclic) bond motifs is 1. The third kappa shape index (κ3) is 2.87. The Bertz CT molecular complexity index is 1050. The molecule has 2 aromatic heterocycles. The first-order valence-electron chi connectivity index (χ1n) is 9.50. The first-order chi connectivity index (χ1) is 13.6. The number of rotatable bonds is 5. The molecule has 3 heterocycles. The lowest BCUT2D eigenvalue weighted by molar-refractivity contribution is 0.390. The van der Waals surface area contributed by atoms with Crippen molar-refractivity contribution in [3.8, 4) is 22.8 Å². The summed E-state index contributed by atoms with van der Waals surface area (Å²) in [5, 5.41) is 0.921. The van der Waals surface area contributed by atoms with Crippen LogP contribution < -0.4 is 20.1 Å². The highest BCUT2D eigenvalue weighted by atomic mass is 16.5. The van der Waals surface area contributed by atoms with Gasteiger partial charge in [0.15, 0.2) is 5.82 Å². The van der Waals surface area contributed by atoms with Gasteiger partial charge in [0.2, 0.25) is 5.95 Å². The predicted molar refractivity (Wildman–Crippen MR) is 111 cm³/mol. The Labute approximate surface area is 164 Å². The minimum Gasteiger partial charge on any atom is -0.496 e. The Morgan fingerprint density at radius 2 is 1.86 bits per heavy atom. The molecule has 3 aromatic rings. The maximum atomic E-state index is 5.85. The monoisotopic (exact) mass is 379 g/mol. The fraction of sp³-hybridized carbons (Fsp3) is 0.381. The summed E-state index contributed by atoms with van der Waals surface area (Å²) in [6.07, 6.45) is 3.74. The first kappa shape index (κ1) is 18.3. The van der Waals surface area contributed by atoms with Crippen molar-refractivity contribution in [2.24, 2.45) is 0 Å². The fourth-order valence-corrected chi connectivity index (χ4v) is 3.79. The van der Waals surface area contributed by atoms with Gasteiger partial charge in [0.25, 0.3) is 0 Å². The molecule has 4 rings (SSSR count). The second kappa shape index (κ2) is 7.14. The van der Waals surface area contributed by atoms with Crippen molar-refractivity contribution < 1.29 is 9.47 Å². The maximum absolute atomic E-state index is 5.85. The van der Waals surface area contributed by atoms with Crippen molar-refractivity contribution in [1.29, 1.82) is 0 Å². The standard InChI is InChI=1S/C21H25N5O2/c1-5-14-17(28-4)10-16(27-3)12(2)18(14)15-9-13-11-23-21(22)25-19(13)20(24-15)26-7-6-8-26/h9-11H,5-8H2,1-4H3,(H2,22,23,25). The van der Waals surface area contributed by atoms with Crippen LogP contribution in [0.5, 0.6) is 11.5 Å². The molecule has 1 aromatic carbocycles. The second-order valence-corrected chi connectivity index (χ2v) is 6.95. The van der Waals surface area contributed by atoms with Crippen LogP contribution >= 0.6 is 0 Å². The molecular formula is C21H25N5O2. The number of anilines is 2. The number of hydrogen-bond acceptors (Lipinski definition) is 7. The Balaban J connectivity index is 2.03. The lowest BCUT2D eigenvalue weighted by Gasteiger charge is -2.33. The molecule has 1 aliphatic heterocycles. The van der Waals surface area contributed by atoms with Gasteiger partial charge in [-0.3, -0.25) is 0 Å². The number of benzene rings is 1. The molecular weight excluding hydrogens is 354 g/mol. The smallest absolute Gasteiger partial charge is 0.220 e. The molecule has 2 N–H and O–H groups in total. The summed E-state index contributed by atoms with van der Waals surface area (Å²) in [4.78, 5) is 15.9. The average Bonchev–Trinajstić information content (AvgIpc) is 2.66. The number of hydrogen-bond donors (Lipinski definition) is 1. The number of ether oxygens (including phenoxy) is 2.